The van der Waals surface area contributed by atoms with E-state index in [4.69, 9.17) is 4.74 Å². The van der Waals surface area contributed by atoms with Crippen molar-refractivity contribution in [1.82, 2.24) is 9.55 Å². The van der Waals surface area contributed by atoms with Crippen molar-refractivity contribution in [2.75, 3.05) is 6.61 Å². The lowest BCUT2D eigenvalue weighted by atomic mass is 10.1. The molecule has 0 N–H and O–H groups in total. The number of hydrogen-bond donors (Lipinski definition) is 0. The van der Waals surface area contributed by atoms with Crippen molar-refractivity contribution in [2.24, 2.45) is 0 Å². The van der Waals surface area contributed by atoms with E-state index in [1.54, 1.807) is 10.9 Å². The molecule has 0 saturated carbocycles. The lowest BCUT2D eigenvalue weighted by Crippen LogP contribution is -2.21. The van der Waals surface area contributed by atoms with E-state index in [1.165, 1.54) is 16.9 Å². The average molecular weight is 314 g/mol. The van der Waals surface area contributed by atoms with E-state index in [-0.39, 0.29) is 5.56 Å². The number of fused-ring (bicyclic) bond motifs is 1. The molecule has 1 aromatic carbocycles. The van der Waals surface area contributed by atoms with Crippen LogP contribution in [0.3, 0.4) is 0 Å². The molecule has 3 aromatic rings. The van der Waals surface area contributed by atoms with Gasteiger partial charge >= 0.3 is 0 Å². The third kappa shape index (κ3) is 3.04. The zero-order chi connectivity index (χ0) is 15.5. The van der Waals surface area contributed by atoms with Gasteiger partial charge in [0.2, 0.25) is 0 Å². The van der Waals surface area contributed by atoms with Gasteiger partial charge in [0.15, 0.2) is 0 Å². The maximum absolute atomic E-state index is 12.2. The van der Waals surface area contributed by atoms with Crippen molar-refractivity contribution in [3.8, 4) is 5.75 Å². The summed E-state index contributed by atoms with van der Waals surface area (Å²) in [4.78, 5) is 17.3. The number of aromatic nitrogens is 2. The molecule has 114 valence electrons. The standard InChI is InChI=1S/C17H18N2O2S/c1-12-4-5-13(2)15(10-12)21-8-3-7-19-11-18-16-14(17(19)20)6-9-22-16/h4-6,9-11H,3,7-8H2,1-2H3. The maximum Gasteiger partial charge on any atom is 0.262 e. The predicted octanol–water partition coefficient (Wildman–Crippen LogP) is 3.54. The van der Waals surface area contributed by atoms with Gasteiger partial charge in [-0.1, -0.05) is 12.1 Å². The van der Waals surface area contributed by atoms with Crippen molar-refractivity contribution in [3.05, 3.63) is 57.5 Å². The van der Waals surface area contributed by atoms with Gasteiger partial charge in [-0.25, -0.2) is 4.98 Å². The zero-order valence-corrected chi connectivity index (χ0v) is 13.5. The Balaban J connectivity index is 1.61. The van der Waals surface area contributed by atoms with Crippen LogP contribution in [-0.4, -0.2) is 16.2 Å². The number of rotatable bonds is 5. The number of aryl methyl sites for hydroxylation is 3. The van der Waals surface area contributed by atoms with E-state index in [0.29, 0.717) is 18.5 Å². The van der Waals surface area contributed by atoms with E-state index in [0.717, 1.165) is 22.6 Å². The Bertz CT molecular complexity index is 851. The van der Waals surface area contributed by atoms with Crippen molar-refractivity contribution in [1.29, 1.82) is 0 Å². The summed E-state index contributed by atoms with van der Waals surface area (Å²) in [7, 11) is 0. The van der Waals surface area contributed by atoms with Crippen LogP contribution >= 0.6 is 11.3 Å². The molecule has 4 nitrogen and oxygen atoms in total. The second-order valence-corrected chi connectivity index (χ2v) is 6.25. The van der Waals surface area contributed by atoms with Crippen LogP contribution in [0.15, 0.2) is 40.8 Å². The van der Waals surface area contributed by atoms with E-state index < -0.39 is 0 Å². The molecule has 0 atom stereocenters. The molecule has 0 radical (unpaired) electrons. The molecule has 22 heavy (non-hydrogen) atoms. The minimum absolute atomic E-state index is 0.0259. The normalized spacial score (nSPS) is 11.0. The second kappa shape index (κ2) is 6.32. The Morgan fingerprint density at radius 2 is 2.14 bits per heavy atom. The first kappa shape index (κ1) is 14.8. The minimum Gasteiger partial charge on any atom is -0.493 e. The third-order valence-electron chi connectivity index (χ3n) is 3.59. The number of hydrogen-bond acceptors (Lipinski definition) is 4. The van der Waals surface area contributed by atoms with Crippen LogP contribution in [0, 0.1) is 13.8 Å². The van der Waals surface area contributed by atoms with Gasteiger partial charge in [-0.2, -0.15) is 0 Å². The molecule has 2 heterocycles. The topological polar surface area (TPSA) is 44.1 Å². The molecule has 0 fully saturated rings. The average Bonchev–Trinajstić information content (AvgIpc) is 2.98. The fraction of sp³-hybridized carbons (Fsp3) is 0.294. The summed E-state index contributed by atoms with van der Waals surface area (Å²) in [5.41, 5.74) is 2.34. The minimum atomic E-state index is 0.0259. The molecule has 0 amide bonds. The van der Waals surface area contributed by atoms with E-state index in [1.807, 2.05) is 31.4 Å². The van der Waals surface area contributed by atoms with Gasteiger partial charge in [-0.3, -0.25) is 9.36 Å². The molecule has 0 aliphatic heterocycles. The van der Waals surface area contributed by atoms with Gasteiger partial charge in [0.05, 0.1) is 18.3 Å². The molecular weight excluding hydrogens is 296 g/mol. The summed E-state index contributed by atoms with van der Waals surface area (Å²) in [6.07, 6.45) is 2.39. The SMILES string of the molecule is Cc1ccc(C)c(OCCCn2cnc3sccc3c2=O)c1. The summed E-state index contributed by atoms with van der Waals surface area (Å²) in [6, 6.07) is 8.01. The quantitative estimate of drug-likeness (QED) is 0.677. The summed E-state index contributed by atoms with van der Waals surface area (Å²) in [5, 5.41) is 2.59. The second-order valence-electron chi connectivity index (χ2n) is 5.35. The van der Waals surface area contributed by atoms with E-state index in [9.17, 15) is 4.79 Å². The van der Waals surface area contributed by atoms with Gasteiger partial charge in [-0.05, 0) is 48.9 Å². The Morgan fingerprint density at radius 1 is 1.27 bits per heavy atom. The molecule has 0 bridgehead atoms. The number of benzene rings is 1. The van der Waals surface area contributed by atoms with E-state index in [2.05, 4.69) is 17.1 Å². The third-order valence-corrected chi connectivity index (χ3v) is 4.42. The largest absolute Gasteiger partial charge is 0.493 e. The van der Waals surface area contributed by atoms with Crippen LogP contribution in [0.1, 0.15) is 17.5 Å². The lowest BCUT2D eigenvalue weighted by Gasteiger charge is -2.10. The van der Waals surface area contributed by atoms with Gasteiger partial charge in [-0.15, -0.1) is 11.3 Å². The van der Waals surface area contributed by atoms with Crippen molar-refractivity contribution in [3.63, 3.8) is 0 Å². The monoisotopic (exact) mass is 314 g/mol. The highest BCUT2D eigenvalue weighted by atomic mass is 32.1. The zero-order valence-electron chi connectivity index (χ0n) is 12.7. The Hall–Kier alpha value is -2.14. The van der Waals surface area contributed by atoms with Crippen molar-refractivity contribution >= 4 is 21.6 Å². The number of nitrogens with zero attached hydrogens (tertiary/aromatic N) is 2. The molecule has 2 aromatic heterocycles. The van der Waals surface area contributed by atoms with Gasteiger partial charge in [0.1, 0.15) is 10.6 Å². The van der Waals surface area contributed by atoms with Crippen LogP contribution in [0.25, 0.3) is 10.2 Å². The summed E-state index contributed by atoms with van der Waals surface area (Å²) >= 11 is 1.49. The lowest BCUT2D eigenvalue weighted by molar-refractivity contribution is 0.299. The Labute approximate surface area is 133 Å². The molecule has 3 rings (SSSR count). The first-order valence-corrected chi connectivity index (χ1v) is 8.16. The van der Waals surface area contributed by atoms with Crippen molar-refractivity contribution < 1.29 is 4.74 Å². The molecular formula is C17H18N2O2S. The maximum atomic E-state index is 12.2. The molecule has 0 aliphatic carbocycles. The molecule has 0 saturated heterocycles. The molecule has 0 aliphatic rings. The summed E-state index contributed by atoms with van der Waals surface area (Å²) in [6.45, 7) is 5.28. The van der Waals surface area contributed by atoms with Gasteiger partial charge in [0, 0.05) is 6.54 Å². The fourth-order valence-corrected chi connectivity index (χ4v) is 3.06. The highest BCUT2D eigenvalue weighted by Gasteiger charge is 2.05. The highest BCUT2D eigenvalue weighted by Crippen LogP contribution is 2.19. The van der Waals surface area contributed by atoms with Gasteiger partial charge < -0.3 is 4.74 Å². The van der Waals surface area contributed by atoms with E-state index >= 15 is 0 Å². The van der Waals surface area contributed by atoms with Crippen LogP contribution < -0.4 is 10.3 Å². The first-order valence-electron chi connectivity index (χ1n) is 7.28. The van der Waals surface area contributed by atoms with Crippen LogP contribution in [0.4, 0.5) is 0 Å². The molecule has 0 unspecified atom stereocenters. The smallest absolute Gasteiger partial charge is 0.262 e. The van der Waals surface area contributed by atoms with Crippen molar-refractivity contribution in [2.45, 2.75) is 26.8 Å². The Morgan fingerprint density at radius 3 is 3.00 bits per heavy atom. The van der Waals surface area contributed by atoms with Crippen LogP contribution in [-0.2, 0) is 6.54 Å². The highest BCUT2D eigenvalue weighted by molar-refractivity contribution is 7.16. The predicted molar refractivity (Wildman–Crippen MR) is 89.9 cm³/mol. The first-order chi connectivity index (χ1) is 10.6. The fourth-order valence-electron chi connectivity index (χ4n) is 2.33. The van der Waals surface area contributed by atoms with Crippen LogP contribution in [0.2, 0.25) is 0 Å². The summed E-state index contributed by atoms with van der Waals surface area (Å²) < 4.78 is 7.47. The van der Waals surface area contributed by atoms with Gasteiger partial charge in [0.25, 0.3) is 5.56 Å². The summed E-state index contributed by atoms with van der Waals surface area (Å²) in [5.74, 6) is 0.916. The number of thiophene rings is 1. The number of ether oxygens (including phenoxy) is 1. The Kier molecular flexibility index (Phi) is 4.24. The molecule has 5 heteroatoms. The molecule has 0 spiro atoms. The van der Waals surface area contributed by atoms with Crippen LogP contribution in [0.5, 0.6) is 5.75 Å².